The fourth-order valence-electron chi connectivity index (χ4n) is 3.57. The molecule has 0 bridgehead atoms. The molecule has 1 aromatic carbocycles. The molecule has 124 valence electrons. The van der Waals surface area contributed by atoms with Gasteiger partial charge in [0.1, 0.15) is 17.1 Å². The third kappa shape index (κ3) is 2.38. The van der Waals surface area contributed by atoms with Crippen LogP contribution < -0.4 is 10.3 Å². The van der Waals surface area contributed by atoms with Gasteiger partial charge >= 0.3 is 0 Å². The molecule has 0 aliphatic heterocycles. The Morgan fingerprint density at radius 3 is 2.71 bits per heavy atom. The topological polar surface area (TPSA) is 83.7 Å². The van der Waals surface area contributed by atoms with Crippen molar-refractivity contribution < 1.29 is 4.74 Å². The summed E-state index contributed by atoms with van der Waals surface area (Å²) in [6, 6.07) is 3.78. The van der Waals surface area contributed by atoms with Gasteiger partial charge in [-0.15, -0.1) is 0 Å². The second kappa shape index (κ2) is 5.78. The molecule has 24 heavy (non-hydrogen) atoms. The van der Waals surface area contributed by atoms with Crippen LogP contribution in [0, 0.1) is 6.92 Å². The third-order valence-electron chi connectivity index (χ3n) is 4.90. The van der Waals surface area contributed by atoms with Crippen molar-refractivity contribution in [3.8, 4) is 16.9 Å². The van der Waals surface area contributed by atoms with Gasteiger partial charge in [-0.1, -0.05) is 12.8 Å². The number of aryl methyl sites for hydroxylation is 1. The number of aromatic amines is 2. The van der Waals surface area contributed by atoms with E-state index >= 15 is 0 Å². The Kier molecular flexibility index (Phi) is 3.59. The second-order valence-electron chi connectivity index (χ2n) is 6.42. The minimum absolute atomic E-state index is 0.108. The highest BCUT2D eigenvalue weighted by Gasteiger charge is 2.21. The van der Waals surface area contributed by atoms with E-state index in [0.717, 1.165) is 35.5 Å². The van der Waals surface area contributed by atoms with Crippen LogP contribution in [0.1, 0.15) is 43.1 Å². The lowest BCUT2D eigenvalue weighted by atomic mass is 10.0. The van der Waals surface area contributed by atoms with Crippen molar-refractivity contribution in [2.75, 3.05) is 7.11 Å². The standard InChI is InChI=1S/C18H20N4O2/c1-10-14(9-19-22-10)12-7-13-16(15(8-12)24-2)20-17(21-18(13)23)11-5-3-4-6-11/h7-9,11H,3-6H2,1-2H3,(H,19,22)(H,20,21,23). The van der Waals surface area contributed by atoms with Crippen molar-refractivity contribution in [2.45, 2.75) is 38.5 Å². The van der Waals surface area contributed by atoms with Crippen LogP contribution in [-0.4, -0.2) is 27.3 Å². The van der Waals surface area contributed by atoms with Crippen LogP contribution in [0.25, 0.3) is 22.0 Å². The average Bonchev–Trinajstić information content (AvgIpc) is 3.25. The molecule has 6 heteroatoms. The highest BCUT2D eigenvalue weighted by atomic mass is 16.5. The monoisotopic (exact) mass is 324 g/mol. The van der Waals surface area contributed by atoms with Crippen molar-refractivity contribution in [3.63, 3.8) is 0 Å². The number of methoxy groups -OCH3 is 1. The molecule has 0 radical (unpaired) electrons. The minimum atomic E-state index is -0.108. The molecule has 6 nitrogen and oxygen atoms in total. The Morgan fingerprint density at radius 2 is 2.04 bits per heavy atom. The van der Waals surface area contributed by atoms with Crippen molar-refractivity contribution in [2.24, 2.45) is 0 Å². The van der Waals surface area contributed by atoms with Crippen LogP contribution >= 0.6 is 0 Å². The lowest BCUT2D eigenvalue weighted by Gasteiger charge is -2.12. The molecule has 2 aromatic heterocycles. The van der Waals surface area contributed by atoms with Crippen molar-refractivity contribution in [3.05, 3.63) is 40.2 Å². The average molecular weight is 324 g/mol. The molecule has 0 spiro atoms. The third-order valence-corrected chi connectivity index (χ3v) is 4.90. The van der Waals surface area contributed by atoms with Gasteiger partial charge in [0.2, 0.25) is 0 Å². The first-order chi connectivity index (χ1) is 11.7. The number of rotatable bonds is 3. The maximum Gasteiger partial charge on any atom is 0.258 e. The fraction of sp³-hybridized carbons (Fsp3) is 0.389. The summed E-state index contributed by atoms with van der Waals surface area (Å²) in [4.78, 5) is 20.4. The number of fused-ring (bicyclic) bond motifs is 1. The number of aromatic nitrogens is 4. The molecule has 0 amide bonds. The van der Waals surface area contributed by atoms with E-state index in [2.05, 4.69) is 15.2 Å². The summed E-state index contributed by atoms with van der Waals surface area (Å²) in [7, 11) is 1.61. The molecule has 0 unspecified atom stereocenters. The first-order valence-electron chi connectivity index (χ1n) is 8.29. The number of nitrogens with zero attached hydrogens (tertiary/aromatic N) is 2. The maximum absolute atomic E-state index is 12.7. The van der Waals surface area contributed by atoms with Crippen LogP contribution in [-0.2, 0) is 0 Å². The highest BCUT2D eigenvalue weighted by Crippen LogP contribution is 2.34. The SMILES string of the molecule is COc1cc(-c2cn[nH]c2C)cc2c(=O)[nH]c(C3CCCC3)nc12. The summed E-state index contributed by atoms with van der Waals surface area (Å²) < 4.78 is 5.53. The Hall–Kier alpha value is -2.63. The van der Waals surface area contributed by atoms with E-state index in [1.54, 1.807) is 13.3 Å². The van der Waals surface area contributed by atoms with E-state index in [4.69, 9.17) is 9.72 Å². The van der Waals surface area contributed by atoms with Crippen LogP contribution in [0.15, 0.2) is 23.1 Å². The Bertz CT molecular complexity index is 951. The van der Waals surface area contributed by atoms with Crippen LogP contribution in [0.2, 0.25) is 0 Å². The molecule has 1 fully saturated rings. The summed E-state index contributed by atoms with van der Waals surface area (Å²) in [6.45, 7) is 1.95. The zero-order valence-corrected chi connectivity index (χ0v) is 13.8. The molecular weight excluding hydrogens is 304 g/mol. The van der Waals surface area contributed by atoms with E-state index in [1.807, 2.05) is 19.1 Å². The van der Waals surface area contributed by atoms with E-state index in [0.29, 0.717) is 22.6 Å². The predicted molar refractivity (Wildman–Crippen MR) is 92.4 cm³/mol. The van der Waals surface area contributed by atoms with Gasteiger partial charge in [0.15, 0.2) is 0 Å². The van der Waals surface area contributed by atoms with Gasteiger partial charge in [0.05, 0.1) is 18.7 Å². The summed E-state index contributed by atoms with van der Waals surface area (Å²) in [5.74, 6) is 1.76. The molecule has 0 atom stereocenters. The number of hydrogen-bond acceptors (Lipinski definition) is 4. The molecule has 0 saturated heterocycles. The van der Waals surface area contributed by atoms with E-state index in [1.165, 1.54) is 12.8 Å². The van der Waals surface area contributed by atoms with Gasteiger partial charge in [-0.2, -0.15) is 5.10 Å². The van der Waals surface area contributed by atoms with Gasteiger partial charge in [0.25, 0.3) is 5.56 Å². The normalized spacial score (nSPS) is 15.2. The Balaban J connectivity index is 1.93. The van der Waals surface area contributed by atoms with Gasteiger partial charge in [-0.25, -0.2) is 4.98 Å². The predicted octanol–water partition coefficient (Wildman–Crippen LogP) is 3.29. The Labute approximate surface area is 139 Å². The number of nitrogens with one attached hydrogen (secondary N) is 2. The van der Waals surface area contributed by atoms with Gasteiger partial charge in [0, 0.05) is 17.2 Å². The Morgan fingerprint density at radius 1 is 1.25 bits per heavy atom. The van der Waals surface area contributed by atoms with E-state index < -0.39 is 0 Å². The zero-order valence-electron chi connectivity index (χ0n) is 13.8. The molecule has 1 aliphatic carbocycles. The first-order valence-corrected chi connectivity index (χ1v) is 8.29. The van der Waals surface area contributed by atoms with Crippen LogP contribution in [0.3, 0.4) is 0 Å². The lowest BCUT2D eigenvalue weighted by Crippen LogP contribution is -2.14. The van der Waals surface area contributed by atoms with Gasteiger partial charge in [-0.3, -0.25) is 9.89 Å². The first kappa shape index (κ1) is 14.9. The number of ether oxygens (including phenoxy) is 1. The molecule has 1 aliphatic rings. The summed E-state index contributed by atoms with van der Waals surface area (Å²) in [5, 5.41) is 7.52. The van der Waals surface area contributed by atoms with Crippen molar-refractivity contribution >= 4 is 10.9 Å². The lowest BCUT2D eigenvalue weighted by molar-refractivity contribution is 0.418. The van der Waals surface area contributed by atoms with Gasteiger partial charge in [-0.05, 0) is 37.5 Å². The minimum Gasteiger partial charge on any atom is -0.494 e. The van der Waals surface area contributed by atoms with Crippen LogP contribution in [0.5, 0.6) is 5.75 Å². The molecule has 1 saturated carbocycles. The number of hydrogen-bond donors (Lipinski definition) is 2. The molecular formula is C18H20N4O2. The molecule has 2 N–H and O–H groups in total. The summed E-state index contributed by atoms with van der Waals surface area (Å²) >= 11 is 0. The highest BCUT2D eigenvalue weighted by molar-refractivity contribution is 5.89. The fourth-order valence-corrected chi connectivity index (χ4v) is 3.57. The largest absolute Gasteiger partial charge is 0.494 e. The molecule has 3 aromatic rings. The summed E-state index contributed by atoms with van der Waals surface area (Å²) in [5.41, 5.74) is 3.32. The van der Waals surface area contributed by atoms with E-state index in [-0.39, 0.29) is 5.56 Å². The second-order valence-corrected chi connectivity index (χ2v) is 6.42. The quantitative estimate of drug-likeness (QED) is 0.774. The smallest absolute Gasteiger partial charge is 0.258 e. The van der Waals surface area contributed by atoms with Crippen LogP contribution in [0.4, 0.5) is 0 Å². The van der Waals surface area contributed by atoms with E-state index in [9.17, 15) is 4.79 Å². The molecule has 2 heterocycles. The van der Waals surface area contributed by atoms with Crippen molar-refractivity contribution in [1.29, 1.82) is 0 Å². The molecule has 4 rings (SSSR count). The number of benzene rings is 1. The zero-order chi connectivity index (χ0) is 16.7. The summed E-state index contributed by atoms with van der Waals surface area (Å²) in [6.07, 6.45) is 6.32. The maximum atomic E-state index is 12.7. The van der Waals surface area contributed by atoms with Gasteiger partial charge < -0.3 is 9.72 Å². The number of H-pyrrole nitrogens is 2. The van der Waals surface area contributed by atoms with Crippen molar-refractivity contribution in [1.82, 2.24) is 20.2 Å².